The average Bonchev–Trinajstić information content (AvgIpc) is 2.57. The lowest BCUT2D eigenvalue weighted by atomic mass is 10.2. The van der Waals surface area contributed by atoms with Crippen molar-refractivity contribution in [3.05, 3.63) is 53.1 Å². The quantitative estimate of drug-likeness (QED) is 0.377. The predicted molar refractivity (Wildman–Crippen MR) is 101 cm³/mol. The van der Waals surface area contributed by atoms with Gasteiger partial charge < -0.3 is 9.47 Å². The summed E-state index contributed by atoms with van der Waals surface area (Å²) in [5.74, 6) is 1.51. The number of unbranched alkanes of at least 4 members (excludes halogenated alkanes) is 1. The molecule has 0 aliphatic heterocycles. The van der Waals surface area contributed by atoms with Gasteiger partial charge in [-0.1, -0.05) is 31.0 Å². The van der Waals surface area contributed by atoms with E-state index in [9.17, 15) is 0 Å². The Balaban J connectivity index is 2.04. The highest BCUT2D eigenvalue weighted by Gasteiger charge is 2.05. The van der Waals surface area contributed by atoms with E-state index in [1.54, 1.807) is 6.21 Å². The number of rotatable bonds is 9. The third kappa shape index (κ3) is 5.78. The van der Waals surface area contributed by atoms with Crippen molar-refractivity contribution in [2.45, 2.75) is 26.7 Å². The minimum Gasteiger partial charge on any atom is -0.490 e. The fourth-order valence-electron chi connectivity index (χ4n) is 2.06. The van der Waals surface area contributed by atoms with Crippen molar-refractivity contribution in [1.82, 2.24) is 0 Å². The van der Waals surface area contributed by atoms with E-state index in [0.717, 1.165) is 35.6 Å². The summed E-state index contributed by atoms with van der Waals surface area (Å²) in [5.41, 5.74) is 4.72. The minimum atomic E-state index is 0.589. The molecule has 0 unspecified atom stereocenters. The number of benzene rings is 2. The Morgan fingerprint density at radius 1 is 1.08 bits per heavy atom. The third-order valence-electron chi connectivity index (χ3n) is 3.25. The fraction of sp³-hybridized carbons (Fsp3) is 0.316. The van der Waals surface area contributed by atoms with Crippen molar-refractivity contribution in [2.75, 3.05) is 18.6 Å². The topological polar surface area (TPSA) is 42.8 Å². The summed E-state index contributed by atoms with van der Waals surface area (Å²) in [7, 11) is 0. The second kappa shape index (κ2) is 9.83. The van der Waals surface area contributed by atoms with Gasteiger partial charge in [0.05, 0.1) is 25.1 Å². The number of nitrogens with zero attached hydrogens (tertiary/aromatic N) is 1. The summed E-state index contributed by atoms with van der Waals surface area (Å²) < 4.78 is 11.4. The van der Waals surface area contributed by atoms with Crippen LogP contribution >= 0.6 is 11.6 Å². The number of halogens is 1. The standard InChI is InChI=1S/C19H23ClN2O2/c1-3-5-11-24-18-10-9-15(12-19(18)23-4-2)14-21-22-17-8-6-7-16(20)13-17/h6-10,12-14,22H,3-5,11H2,1-2H3. The van der Waals surface area contributed by atoms with Gasteiger partial charge in [-0.15, -0.1) is 0 Å². The molecule has 0 saturated heterocycles. The van der Waals surface area contributed by atoms with Crippen LogP contribution in [0.3, 0.4) is 0 Å². The lowest BCUT2D eigenvalue weighted by Crippen LogP contribution is -2.01. The highest BCUT2D eigenvalue weighted by Crippen LogP contribution is 2.28. The number of ether oxygens (including phenoxy) is 2. The van der Waals surface area contributed by atoms with Crippen molar-refractivity contribution in [2.24, 2.45) is 5.10 Å². The van der Waals surface area contributed by atoms with E-state index in [1.165, 1.54) is 0 Å². The van der Waals surface area contributed by atoms with Gasteiger partial charge in [0.15, 0.2) is 11.5 Å². The summed E-state index contributed by atoms with van der Waals surface area (Å²) in [4.78, 5) is 0. The molecule has 0 spiro atoms. The first-order valence-electron chi connectivity index (χ1n) is 8.17. The van der Waals surface area contributed by atoms with Crippen LogP contribution < -0.4 is 14.9 Å². The molecule has 2 aromatic carbocycles. The van der Waals surface area contributed by atoms with Crippen molar-refractivity contribution in [3.8, 4) is 11.5 Å². The van der Waals surface area contributed by atoms with Crippen LogP contribution in [-0.4, -0.2) is 19.4 Å². The molecule has 5 heteroatoms. The first-order chi connectivity index (χ1) is 11.7. The Kier molecular flexibility index (Phi) is 7.43. The van der Waals surface area contributed by atoms with Crippen molar-refractivity contribution in [3.63, 3.8) is 0 Å². The number of hydrogen-bond donors (Lipinski definition) is 1. The molecule has 0 radical (unpaired) electrons. The third-order valence-corrected chi connectivity index (χ3v) is 3.49. The van der Waals surface area contributed by atoms with Crippen LogP contribution in [0, 0.1) is 0 Å². The molecular weight excluding hydrogens is 324 g/mol. The number of anilines is 1. The molecule has 0 fully saturated rings. The maximum Gasteiger partial charge on any atom is 0.161 e. The smallest absolute Gasteiger partial charge is 0.161 e. The second-order valence-corrected chi connectivity index (χ2v) is 5.66. The van der Waals surface area contributed by atoms with E-state index in [-0.39, 0.29) is 0 Å². The highest BCUT2D eigenvalue weighted by atomic mass is 35.5. The largest absolute Gasteiger partial charge is 0.490 e. The van der Waals surface area contributed by atoms with Crippen LogP contribution in [0.2, 0.25) is 5.02 Å². The molecule has 0 aromatic heterocycles. The molecule has 24 heavy (non-hydrogen) atoms. The molecular formula is C19H23ClN2O2. The minimum absolute atomic E-state index is 0.589. The highest BCUT2D eigenvalue weighted by molar-refractivity contribution is 6.30. The van der Waals surface area contributed by atoms with E-state index in [4.69, 9.17) is 21.1 Å². The molecule has 0 aliphatic rings. The second-order valence-electron chi connectivity index (χ2n) is 5.22. The van der Waals surface area contributed by atoms with E-state index < -0.39 is 0 Å². The Bertz CT molecular complexity index is 674. The number of nitrogens with one attached hydrogen (secondary N) is 1. The molecule has 2 aromatic rings. The summed E-state index contributed by atoms with van der Waals surface area (Å²) >= 11 is 5.94. The first kappa shape index (κ1) is 18.1. The van der Waals surface area contributed by atoms with Crippen molar-refractivity contribution >= 4 is 23.5 Å². The zero-order valence-corrected chi connectivity index (χ0v) is 14.8. The van der Waals surface area contributed by atoms with Gasteiger partial charge in [-0.25, -0.2) is 0 Å². The van der Waals surface area contributed by atoms with Gasteiger partial charge in [-0.2, -0.15) is 5.10 Å². The van der Waals surface area contributed by atoms with Gasteiger partial charge >= 0.3 is 0 Å². The van der Waals surface area contributed by atoms with E-state index >= 15 is 0 Å². The molecule has 2 rings (SSSR count). The van der Waals surface area contributed by atoms with Crippen molar-refractivity contribution < 1.29 is 9.47 Å². The molecule has 0 heterocycles. The summed E-state index contributed by atoms with van der Waals surface area (Å²) in [6.07, 6.45) is 3.86. The SMILES string of the molecule is CCCCOc1ccc(C=NNc2cccc(Cl)c2)cc1OCC. The summed E-state index contributed by atoms with van der Waals surface area (Å²) in [5, 5.41) is 4.90. The van der Waals surface area contributed by atoms with Gasteiger partial charge in [0.1, 0.15) is 0 Å². The number of hydrogen-bond acceptors (Lipinski definition) is 4. The van der Waals surface area contributed by atoms with Crippen LogP contribution in [0.25, 0.3) is 0 Å². The summed E-state index contributed by atoms with van der Waals surface area (Å²) in [6, 6.07) is 13.2. The lowest BCUT2D eigenvalue weighted by molar-refractivity contribution is 0.272. The Morgan fingerprint density at radius 2 is 1.96 bits per heavy atom. The van der Waals surface area contributed by atoms with E-state index in [1.807, 2.05) is 49.4 Å². The van der Waals surface area contributed by atoms with E-state index in [2.05, 4.69) is 17.5 Å². The normalized spacial score (nSPS) is 10.8. The number of hydrazone groups is 1. The monoisotopic (exact) mass is 346 g/mol. The van der Waals surface area contributed by atoms with Gasteiger partial charge in [-0.3, -0.25) is 5.43 Å². The maximum absolute atomic E-state index is 5.94. The van der Waals surface area contributed by atoms with Crippen LogP contribution in [-0.2, 0) is 0 Å². The van der Waals surface area contributed by atoms with Crippen LogP contribution in [0.5, 0.6) is 11.5 Å². The molecule has 0 saturated carbocycles. The maximum atomic E-state index is 5.94. The van der Waals surface area contributed by atoms with Gasteiger partial charge in [0.25, 0.3) is 0 Å². The first-order valence-corrected chi connectivity index (χ1v) is 8.55. The predicted octanol–water partition coefficient (Wildman–Crippen LogP) is 5.36. The van der Waals surface area contributed by atoms with Gasteiger partial charge in [-0.05, 0) is 55.3 Å². The Morgan fingerprint density at radius 3 is 2.71 bits per heavy atom. The zero-order valence-electron chi connectivity index (χ0n) is 14.1. The zero-order chi connectivity index (χ0) is 17.2. The van der Waals surface area contributed by atoms with Gasteiger partial charge in [0.2, 0.25) is 0 Å². The van der Waals surface area contributed by atoms with E-state index in [0.29, 0.717) is 18.2 Å². The lowest BCUT2D eigenvalue weighted by Gasteiger charge is -2.12. The van der Waals surface area contributed by atoms with Crippen LogP contribution in [0.15, 0.2) is 47.6 Å². The molecule has 0 atom stereocenters. The molecule has 0 aliphatic carbocycles. The van der Waals surface area contributed by atoms with Crippen molar-refractivity contribution in [1.29, 1.82) is 0 Å². The fourth-order valence-corrected chi connectivity index (χ4v) is 2.25. The molecule has 4 nitrogen and oxygen atoms in total. The Labute approximate surface area is 148 Å². The average molecular weight is 347 g/mol. The molecule has 0 bridgehead atoms. The molecule has 0 amide bonds. The van der Waals surface area contributed by atoms with Crippen LogP contribution in [0.4, 0.5) is 5.69 Å². The van der Waals surface area contributed by atoms with Crippen LogP contribution in [0.1, 0.15) is 32.3 Å². The summed E-state index contributed by atoms with van der Waals surface area (Å²) in [6.45, 7) is 5.38. The molecule has 1 N–H and O–H groups in total. The van der Waals surface area contributed by atoms with Gasteiger partial charge in [0, 0.05) is 5.02 Å². The molecule has 128 valence electrons. The Hall–Kier alpha value is -2.20.